The molecule has 1 heterocycles. The van der Waals surface area contributed by atoms with Gasteiger partial charge in [0.15, 0.2) is 5.57 Å². The minimum Gasteiger partial charge on any atom is -0.267 e. The van der Waals surface area contributed by atoms with E-state index in [1.54, 1.807) is 0 Å². The molecule has 0 aliphatic carbocycles. The van der Waals surface area contributed by atoms with E-state index in [-0.39, 0.29) is 11.1 Å². The predicted molar refractivity (Wildman–Crippen MR) is 117 cm³/mol. The van der Waals surface area contributed by atoms with Crippen molar-refractivity contribution in [1.29, 1.82) is 10.5 Å². The lowest BCUT2D eigenvalue weighted by Gasteiger charge is -2.07. The van der Waals surface area contributed by atoms with Crippen molar-refractivity contribution in [2.75, 3.05) is 0 Å². The molecule has 0 spiro atoms. The molecule has 0 radical (unpaired) electrons. The standard InChI is InChI=1S/C24H21N3OS/c1-15(2)18-7-9-21(10-8-18)27-23(28)22(29-24(27)20(13-25)14-26)12-19-6-5-16(3)11-17(19)4/h5-12,15H,1-4H3/b22-12+. The molecule has 144 valence electrons. The van der Waals surface area contributed by atoms with Gasteiger partial charge in [0, 0.05) is 0 Å². The quantitative estimate of drug-likeness (QED) is 0.675. The molecule has 0 bridgehead atoms. The number of aryl methyl sites for hydroxylation is 2. The summed E-state index contributed by atoms with van der Waals surface area (Å²) in [6.07, 6.45) is 1.83. The molecule has 0 N–H and O–H groups in total. The number of hydrogen-bond donors (Lipinski definition) is 0. The molecular formula is C24H21N3OS. The summed E-state index contributed by atoms with van der Waals surface area (Å²) in [5, 5.41) is 18.8. The third kappa shape index (κ3) is 4.06. The number of nitriles is 2. The van der Waals surface area contributed by atoms with Gasteiger partial charge in [0.05, 0.1) is 10.2 Å². The Balaban J connectivity index is 2.33. The maximum Gasteiger partial charge on any atom is 0.273 e. The molecule has 2 aromatic carbocycles. The Morgan fingerprint density at radius 1 is 1.07 bits per heavy atom. The van der Waals surface area contributed by atoms with Crippen molar-refractivity contribution in [3.63, 3.8) is 0 Å². The zero-order valence-corrected chi connectivity index (χ0v) is 17.7. The van der Waals surface area contributed by atoms with Crippen LogP contribution in [-0.4, -0.2) is 4.57 Å². The van der Waals surface area contributed by atoms with Crippen LogP contribution in [0.25, 0.3) is 17.3 Å². The lowest BCUT2D eigenvalue weighted by atomic mass is 10.0. The summed E-state index contributed by atoms with van der Waals surface area (Å²) in [6, 6.07) is 17.6. The van der Waals surface area contributed by atoms with Crippen LogP contribution in [0.4, 0.5) is 0 Å². The van der Waals surface area contributed by atoms with Crippen molar-refractivity contribution in [2.24, 2.45) is 0 Å². The molecule has 0 unspecified atom stereocenters. The van der Waals surface area contributed by atoms with Crippen molar-refractivity contribution in [3.05, 3.63) is 84.3 Å². The molecular weight excluding hydrogens is 378 g/mol. The smallest absolute Gasteiger partial charge is 0.267 e. The fraction of sp³-hybridized carbons (Fsp3) is 0.208. The average molecular weight is 400 g/mol. The highest BCUT2D eigenvalue weighted by atomic mass is 32.1. The Hall–Kier alpha value is -3.41. The first kappa shape index (κ1) is 20.3. The Bertz CT molecular complexity index is 1310. The normalized spacial score (nSPS) is 11.3. The van der Waals surface area contributed by atoms with E-state index in [4.69, 9.17) is 0 Å². The summed E-state index contributed by atoms with van der Waals surface area (Å²) < 4.78 is 2.31. The number of nitrogens with zero attached hydrogens (tertiary/aromatic N) is 3. The summed E-state index contributed by atoms with van der Waals surface area (Å²) in [7, 11) is 0. The molecule has 0 atom stereocenters. The van der Waals surface area contributed by atoms with Gasteiger partial charge in [0.2, 0.25) is 0 Å². The van der Waals surface area contributed by atoms with E-state index in [0.717, 1.165) is 22.3 Å². The first-order valence-electron chi connectivity index (χ1n) is 9.31. The zero-order valence-electron chi connectivity index (χ0n) is 16.9. The largest absolute Gasteiger partial charge is 0.273 e. The second-order valence-electron chi connectivity index (χ2n) is 7.26. The minimum absolute atomic E-state index is 0.0692. The Labute approximate surface area is 173 Å². The third-order valence-electron chi connectivity index (χ3n) is 4.79. The van der Waals surface area contributed by atoms with Gasteiger partial charge < -0.3 is 0 Å². The number of benzene rings is 2. The van der Waals surface area contributed by atoms with E-state index in [0.29, 0.717) is 20.8 Å². The molecule has 3 rings (SSSR count). The number of thiazole rings is 1. The van der Waals surface area contributed by atoms with E-state index in [2.05, 4.69) is 19.9 Å². The van der Waals surface area contributed by atoms with E-state index in [1.165, 1.54) is 15.9 Å². The maximum absolute atomic E-state index is 13.2. The van der Waals surface area contributed by atoms with E-state index >= 15 is 0 Å². The maximum atomic E-state index is 13.2. The van der Waals surface area contributed by atoms with Gasteiger partial charge in [-0.2, -0.15) is 10.5 Å². The lowest BCUT2D eigenvalue weighted by Crippen LogP contribution is -2.30. The zero-order chi connectivity index (χ0) is 21.1. The van der Waals surface area contributed by atoms with E-state index < -0.39 is 0 Å². The highest BCUT2D eigenvalue weighted by Crippen LogP contribution is 2.16. The van der Waals surface area contributed by atoms with Crippen LogP contribution in [0, 0.1) is 36.5 Å². The predicted octanol–water partition coefficient (Wildman–Crippen LogP) is 3.67. The monoisotopic (exact) mass is 399 g/mol. The van der Waals surface area contributed by atoms with Gasteiger partial charge in [-0.05, 0) is 54.7 Å². The molecule has 1 aromatic heterocycles. The summed E-state index contributed by atoms with van der Waals surface area (Å²) in [5.41, 5.74) is 4.67. The fourth-order valence-electron chi connectivity index (χ4n) is 3.14. The van der Waals surface area contributed by atoms with Crippen LogP contribution in [0.2, 0.25) is 0 Å². The molecule has 3 aromatic rings. The van der Waals surface area contributed by atoms with Crippen molar-refractivity contribution in [1.82, 2.24) is 4.57 Å². The molecule has 0 fully saturated rings. The van der Waals surface area contributed by atoms with Crippen molar-refractivity contribution < 1.29 is 0 Å². The summed E-state index contributed by atoms with van der Waals surface area (Å²) in [5.74, 6) is 0.372. The highest BCUT2D eigenvalue weighted by Gasteiger charge is 2.12. The van der Waals surface area contributed by atoms with Crippen LogP contribution >= 0.6 is 11.3 Å². The van der Waals surface area contributed by atoms with Crippen molar-refractivity contribution >= 4 is 23.0 Å². The van der Waals surface area contributed by atoms with Gasteiger partial charge in [-0.3, -0.25) is 9.36 Å². The van der Waals surface area contributed by atoms with Crippen LogP contribution in [0.1, 0.15) is 42.0 Å². The fourth-order valence-corrected chi connectivity index (χ4v) is 4.19. The van der Waals surface area contributed by atoms with Crippen LogP contribution < -0.4 is 14.8 Å². The molecule has 5 heteroatoms. The van der Waals surface area contributed by atoms with Crippen molar-refractivity contribution in [2.45, 2.75) is 33.6 Å². The molecule has 0 aliphatic rings. The van der Waals surface area contributed by atoms with Gasteiger partial charge >= 0.3 is 0 Å². The van der Waals surface area contributed by atoms with Gasteiger partial charge in [0.1, 0.15) is 16.8 Å². The summed E-state index contributed by atoms with van der Waals surface area (Å²) >= 11 is 1.17. The lowest BCUT2D eigenvalue weighted by molar-refractivity contribution is 0.864. The van der Waals surface area contributed by atoms with Gasteiger partial charge in [-0.15, -0.1) is 11.3 Å². The number of aromatic nitrogens is 1. The van der Waals surface area contributed by atoms with Crippen LogP contribution in [0.5, 0.6) is 0 Å². The molecule has 4 nitrogen and oxygen atoms in total. The van der Waals surface area contributed by atoms with E-state index in [1.807, 2.05) is 68.5 Å². The third-order valence-corrected chi connectivity index (χ3v) is 5.88. The minimum atomic E-state index is -0.231. The van der Waals surface area contributed by atoms with Gasteiger partial charge in [-0.1, -0.05) is 49.7 Å². The van der Waals surface area contributed by atoms with Crippen LogP contribution in [-0.2, 0) is 0 Å². The second-order valence-corrected chi connectivity index (χ2v) is 8.29. The summed E-state index contributed by atoms with van der Waals surface area (Å²) in [4.78, 5) is 13.2. The molecule has 0 aliphatic heterocycles. The second kappa shape index (κ2) is 8.31. The van der Waals surface area contributed by atoms with Gasteiger partial charge in [0.25, 0.3) is 5.56 Å². The SMILES string of the molecule is Cc1ccc(/C=c2/sc(=C(C#N)C#N)n(-c3ccc(C(C)C)cc3)c2=O)c(C)c1. The Kier molecular flexibility index (Phi) is 5.82. The highest BCUT2D eigenvalue weighted by molar-refractivity contribution is 7.07. The van der Waals surface area contributed by atoms with Crippen molar-refractivity contribution in [3.8, 4) is 17.8 Å². The Morgan fingerprint density at radius 2 is 1.72 bits per heavy atom. The molecule has 29 heavy (non-hydrogen) atoms. The first-order valence-corrected chi connectivity index (χ1v) is 10.1. The molecule has 0 saturated carbocycles. The molecule has 0 saturated heterocycles. The average Bonchev–Trinajstić information content (AvgIpc) is 3.01. The number of rotatable bonds is 3. The topological polar surface area (TPSA) is 69.6 Å². The van der Waals surface area contributed by atoms with Gasteiger partial charge in [-0.25, -0.2) is 0 Å². The summed E-state index contributed by atoms with van der Waals surface area (Å²) in [6.45, 7) is 8.23. The first-order chi connectivity index (χ1) is 13.8. The number of hydrogen-bond acceptors (Lipinski definition) is 4. The Morgan fingerprint density at radius 3 is 2.28 bits per heavy atom. The van der Waals surface area contributed by atoms with E-state index in [9.17, 15) is 15.3 Å². The molecule has 0 amide bonds. The van der Waals surface area contributed by atoms with Crippen LogP contribution in [0.15, 0.2) is 47.3 Å². The van der Waals surface area contributed by atoms with Crippen LogP contribution in [0.3, 0.4) is 0 Å².